The van der Waals surface area contributed by atoms with Crippen molar-refractivity contribution in [1.82, 2.24) is 0 Å². The van der Waals surface area contributed by atoms with Crippen molar-refractivity contribution in [2.45, 2.75) is 55.2 Å². The van der Waals surface area contributed by atoms with Crippen molar-refractivity contribution in [2.24, 2.45) is 0 Å². The number of anilines is 1. The van der Waals surface area contributed by atoms with Gasteiger partial charge in [-0.1, -0.05) is 70.8 Å². The second-order valence-corrected chi connectivity index (χ2v) is 15.4. The molecule has 0 bridgehead atoms. The van der Waals surface area contributed by atoms with E-state index in [4.69, 9.17) is 4.43 Å². The van der Waals surface area contributed by atoms with E-state index in [0.717, 1.165) is 46.6 Å². The van der Waals surface area contributed by atoms with E-state index in [9.17, 15) is 8.42 Å². The van der Waals surface area contributed by atoms with Gasteiger partial charge in [0.25, 0.3) is 10.0 Å². The molecule has 1 atom stereocenters. The number of rotatable bonds is 9. The van der Waals surface area contributed by atoms with E-state index < -0.39 is 18.3 Å². The van der Waals surface area contributed by atoms with E-state index in [2.05, 4.69) is 52.6 Å². The fourth-order valence-electron chi connectivity index (χ4n) is 4.07. The SMILES string of the molecule is CC[Si](CC)(CC)OCCc1ccc2c3c(cccc13)N(C(Br)CBr)S2(=O)=O. The molecular formula is C20H27Br2NO3SSi. The van der Waals surface area contributed by atoms with Gasteiger partial charge < -0.3 is 4.43 Å². The molecule has 1 aliphatic rings. The molecular weight excluding hydrogens is 522 g/mol. The van der Waals surface area contributed by atoms with Crippen LogP contribution < -0.4 is 4.31 Å². The summed E-state index contributed by atoms with van der Waals surface area (Å²) in [4.78, 5) is 0.0696. The average Bonchev–Trinajstić information content (AvgIpc) is 2.94. The molecule has 0 fully saturated rings. The molecule has 0 N–H and O–H groups in total. The van der Waals surface area contributed by atoms with Crippen molar-refractivity contribution in [1.29, 1.82) is 0 Å². The van der Waals surface area contributed by atoms with Gasteiger partial charge in [0.1, 0.15) is 4.95 Å². The zero-order valence-corrected chi connectivity index (χ0v) is 21.5. The van der Waals surface area contributed by atoms with Crippen LogP contribution in [0.2, 0.25) is 18.1 Å². The number of benzene rings is 2. The Bertz CT molecular complexity index is 955. The smallest absolute Gasteiger partial charge is 0.266 e. The van der Waals surface area contributed by atoms with Gasteiger partial charge in [0.15, 0.2) is 8.32 Å². The molecule has 0 amide bonds. The highest BCUT2D eigenvalue weighted by atomic mass is 79.9. The summed E-state index contributed by atoms with van der Waals surface area (Å²) in [5, 5.41) is 2.35. The molecule has 1 aliphatic heterocycles. The van der Waals surface area contributed by atoms with Crippen LogP contribution in [0.25, 0.3) is 10.8 Å². The summed E-state index contributed by atoms with van der Waals surface area (Å²) in [6.45, 7) is 7.40. The highest BCUT2D eigenvalue weighted by molar-refractivity contribution is 9.12. The van der Waals surface area contributed by atoms with Crippen LogP contribution in [0.3, 0.4) is 0 Å². The van der Waals surface area contributed by atoms with Crippen molar-refractivity contribution in [3.63, 3.8) is 0 Å². The van der Waals surface area contributed by atoms with Gasteiger partial charge in [0.05, 0.1) is 10.6 Å². The summed E-state index contributed by atoms with van der Waals surface area (Å²) in [5.74, 6) is 0. The van der Waals surface area contributed by atoms with Gasteiger partial charge in [0, 0.05) is 17.3 Å². The number of halogens is 2. The first-order chi connectivity index (χ1) is 13.3. The maximum Gasteiger partial charge on any atom is 0.266 e. The van der Waals surface area contributed by atoms with Crippen molar-refractivity contribution < 1.29 is 12.8 Å². The van der Waals surface area contributed by atoms with Crippen LogP contribution in [0.4, 0.5) is 5.69 Å². The quantitative estimate of drug-likeness (QED) is 0.218. The molecule has 1 unspecified atom stereocenters. The van der Waals surface area contributed by atoms with Crippen molar-refractivity contribution in [3.8, 4) is 0 Å². The highest BCUT2D eigenvalue weighted by Gasteiger charge is 2.39. The Balaban J connectivity index is 1.97. The van der Waals surface area contributed by atoms with E-state index in [1.54, 1.807) is 6.07 Å². The van der Waals surface area contributed by atoms with E-state index >= 15 is 0 Å². The van der Waals surface area contributed by atoms with Crippen LogP contribution in [0.5, 0.6) is 0 Å². The fraction of sp³-hybridized carbons (Fsp3) is 0.500. The number of hydrogen-bond donors (Lipinski definition) is 0. The van der Waals surface area contributed by atoms with Gasteiger partial charge in [-0.05, 0) is 47.6 Å². The molecule has 1 heterocycles. The first kappa shape index (κ1) is 22.3. The lowest BCUT2D eigenvalue weighted by atomic mass is 10.0. The predicted molar refractivity (Wildman–Crippen MR) is 127 cm³/mol. The van der Waals surface area contributed by atoms with Crippen LogP contribution in [0, 0.1) is 0 Å². The normalized spacial score (nSPS) is 16.7. The van der Waals surface area contributed by atoms with Gasteiger partial charge in [-0.25, -0.2) is 8.42 Å². The minimum Gasteiger partial charge on any atom is -0.416 e. The first-order valence-electron chi connectivity index (χ1n) is 9.78. The first-order valence-corrected chi connectivity index (χ1v) is 15.8. The van der Waals surface area contributed by atoms with E-state index in [1.165, 1.54) is 4.31 Å². The topological polar surface area (TPSA) is 46.6 Å². The molecule has 0 saturated carbocycles. The molecule has 8 heteroatoms. The van der Waals surface area contributed by atoms with Gasteiger partial charge in [-0.3, -0.25) is 4.31 Å². The molecule has 0 aliphatic carbocycles. The minimum absolute atomic E-state index is 0.326. The Morgan fingerprint density at radius 3 is 2.39 bits per heavy atom. The lowest BCUT2D eigenvalue weighted by Gasteiger charge is -2.28. The van der Waals surface area contributed by atoms with E-state index in [1.807, 2.05) is 24.3 Å². The largest absolute Gasteiger partial charge is 0.416 e. The summed E-state index contributed by atoms with van der Waals surface area (Å²) >= 11 is 6.88. The molecule has 0 radical (unpaired) electrons. The molecule has 28 heavy (non-hydrogen) atoms. The molecule has 154 valence electrons. The number of nitrogens with zero attached hydrogens (tertiary/aromatic N) is 1. The van der Waals surface area contributed by atoms with Crippen LogP contribution in [0.15, 0.2) is 35.2 Å². The summed E-state index contributed by atoms with van der Waals surface area (Å²) < 4.78 is 34.1. The second-order valence-electron chi connectivity index (χ2n) is 7.15. The van der Waals surface area contributed by atoms with Crippen LogP contribution >= 0.6 is 31.9 Å². The van der Waals surface area contributed by atoms with Crippen molar-refractivity contribution >= 4 is 66.7 Å². The van der Waals surface area contributed by atoms with Crippen LogP contribution in [-0.4, -0.2) is 33.6 Å². The summed E-state index contributed by atoms with van der Waals surface area (Å²) in [5.41, 5.74) is 1.89. The Kier molecular flexibility index (Phi) is 6.97. The molecule has 3 rings (SSSR count). The van der Waals surface area contributed by atoms with Gasteiger partial charge >= 0.3 is 0 Å². The van der Waals surface area contributed by atoms with Crippen molar-refractivity contribution in [2.75, 3.05) is 16.2 Å². The molecule has 0 aromatic heterocycles. The zero-order valence-electron chi connectivity index (χ0n) is 16.5. The molecule has 0 spiro atoms. The summed E-state index contributed by atoms with van der Waals surface area (Å²) in [6.07, 6.45) is 0.797. The Hall–Kier alpha value is -0.413. The average molecular weight is 549 g/mol. The third-order valence-corrected chi connectivity index (χ3v) is 15.0. The monoisotopic (exact) mass is 547 g/mol. The predicted octanol–water partition coefficient (Wildman–Crippen LogP) is 6.03. The summed E-state index contributed by atoms with van der Waals surface area (Å²) in [7, 11) is -5.17. The van der Waals surface area contributed by atoms with Gasteiger partial charge in [-0.2, -0.15) is 0 Å². The van der Waals surface area contributed by atoms with Gasteiger partial charge in [0.2, 0.25) is 0 Å². The Morgan fingerprint density at radius 2 is 1.79 bits per heavy atom. The molecule has 2 aromatic carbocycles. The maximum atomic E-state index is 13.1. The fourth-order valence-corrected chi connectivity index (χ4v) is 9.79. The molecule has 4 nitrogen and oxygen atoms in total. The second kappa shape index (κ2) is 8.76. The maximum absolute atomic E-state index is 13.1. The number of sulfonamides is 1. The molecule has 2 aromatic rings. The zero-order chi connectivity index (χ0) is 20.5. The Morgan fingerprint density at radius 1 is 1.11 bits per heavy atom. The van der Waals surface area contributed by atoms with Gasteiger partial charge in [-0.15, -0.1) is 0 Å². The van der Waals surface area contributed by atoms with Crippen LogP contribution in [0.1, 0.15) is 26.3 Å². The molecule has 0 saturated heterocycles. The standard InChI is InChI=1S/C20H27Br2NO3SSi/c1-4-28(5-2,6-3)26-13-12-15-10-11-18-20-16(15)8-7-9-17(20)23(19(22)14-21)27(18,24)25/h7-11,19H,4-6,12-14H2,1-3H3. The number of hydrogen-bond acceptors (Lipinski definition) is 3. The van der Waals surface area contributed by atoms with Crippen molar-refractivity contribution in [3.05, 3.63) is 35.9 Å². The highest BCUT2D eigenvalue weighted by Crippen LogP contribution is 2.45. The lowest BCUT2D eigenvalue weighted by Crippen LogP contribution is -2.36. The third-order valence-electron chi connectivity index (χ3n) is 5.94. The van der Waals surface area contributed by atoms with E-state index in [0.29, 0.717) is 16.8 Å². The Labute approximate surface area is 186 Å². The third kappa shape index (κ3) is 3.71. The minimum atomic E-state index is -3.55. The number of alkyl halides is 2. The van der Waals surface area contributed by atoms with Crippen LogP contribution in [-0.2, 0) is 20.9 Å². The summed E-state index contributed by atoms with van der Waals surface area (Å²) in [6, 6.07) is 13.0. The lowest BCUT2D eigenvalue weighted by molar-refractivity contribution is 0.304. The van der Waals surface area contributed by atoms with E-state index in [-0.39, 0.29) is 4.95 Å².